The van der Waals surface area contributed by atoms with Gasteiger partial charge in [-0.15, -0.1) is 13.2 Å². The van der Waals surface area contributed by atoms with Crippen LogP contribution < -0.4 is 15.5 Å². The number of pyridine rings is 1. The van der Waals surface area contributed by atoms with Crippen molar-refractivity contribution in [3.8, 4) is 11.4 Å². The lowest BCUT2D eigenvalue weighted by Crippen LogP contribution is -2.24. The molecule has 0 aliphatic carbocycles. The fraction of sp³-hybridized carbons (Fsp3) is 0.111. The van der Waals surface area contributed by atoms with Crippen molar-refractivity contribution >= 4 is 51.0 Å². The highest BCUT2D eigenvalue weighted by Crippen LogP contribution is 2.28. The summed E-state index contributed by atoms with van der Waals surface area (Å²) >= 11 is 5.35. The van der Waals surface area contributed by atoms with E-state index in [9.17, 15) is 13.2 Å². The van der Waals surface area contributed by atoms with Gasteiger partial charge in [-0.25, -0.2) is 4.98 Å². The van der Waals surface area contributed by atoms with Crippen LogP contribution in [0.5, 0.6) is 5.75 Å². The second-order valence-electron chi connectivity index (χ2n) is 8.51. The number of aryl methyl sites for hydroxylation is 2. The van der Waals surface area contributed by atoms with Crippen molar-refractivity contribution in [1.82, 2.24) is 20.0 Å². The summed E-state index contributed by atoms with van der Waals surface area (Å²) in [5.74, 6) is -0.286. The Morgan fingerprint density at radius 1 is 1.03 bits per heavy atom. The van der Waals surface area contributed by atoms with Crippen molar-refractivity contribution in [1.29, 1.82) is 0 Å². The predicted molar refractivity (Wildman–Crippen MR) is 146 cm³/mol. The number of nitrogens with zero attached hydrogens (tertiary/aromatic N) is 4. The quantitative estimate of drug-likeness (QED) is 0.154. The molecule has 0 radical (unpaired) electrons. The number of hydrazone groups is 1. The molecule has 192 valence electrons. The number of hydrogen-bond donors (Lipinski definition) is 2. The van der Waals surface area contributed by atoms with Gasteiger partial charge in [0, 0.05) is 23.0 Å². The van der Waals surface area contributed by atoms with Gasteiger partial charge < -0.3 is 10.1 Å². The number of hydrogen-bond acceptors (Lipinski definition) is 5. The Hall–Kier alpha value is -4.51. The zero-order valence-electron chi connectivity index (χ0n) is 20.2. The summed E-state index contributed by atoms with van der Waals surface area (Å²) in [6.45, 7) is 4.01. The van der Waals surface area contributed by atoms with Crippen LogP contribution in [0.25, 0.3) is 27.5 Å². The van der Waals surface area contributed by atoms with E-state index in [2.05, 4.69) is 30.5 Å². The third-order valence-corrected chi connectivity index (χ3v) is 6.06. The number of nitrogens with one attached hydrogen (secondary N) is 2. The maximum atomic E-state index is 12.4. The van der Waals surface area contributed by atoms with E-state index in [0.29, 0.717) is 22.0 Å². The van der Waals surface area contributed by atoms with Gasteiger partial charge in [0.1, 0.15) is 12.1 Å². The lowest BCUT2D eigenvalue weighted by atomic mass is 10.1. The highest BCUT2D eigenvalue weighted by molar-refractivity contribution is 7.80. The fourth-order valence-corrected chi connectivity index (χ4v) is 4.27. The van der Waals surface area contributed by atoms with E-state index in [1.165, 1.54) is 24.3 Å². The standard InChI is InChI=1S/C27H21F3N6OS/c1-16-4-3-5-17(2)24(16)34-26(38)35-33-13-19-12-18-6-11-23-25(22(18)14-31-19)32-15-36(23)20-7-9-21(10-8-20)37-27(28,29)30/h3-15H,1-2H3,(H2,34,35,38)/b33-13+. The molecule has 0 bridgehead atoms. The van der Waals surface area contributed by atoms with Crippen LogP contribution in [-0.4, -0.2) is 32.2 Å². The zero-order valence-corrected chi connectivity index (χ0v) is 21.1. The Labute approximate surface area is 221 Å². The first-order chi connectivity index (χ1) is 18.2. The van der Waals surface area contributed by atoms with Crippen LogP contribution in [0.4, 0.5) is 18.9 Å². The number of benzene rings is 3. The lowest BCUT2D eigenvalue weighted by molar-refractivity contribution is -0.274. The summed E-state index contributed by atoms with van der Waals surface area (Å²) in [7, 11) is 0. The molecular weight excluding hydrogens is 513 g/mol. The van der Waals surface area contributed by atoms with Crippen LogP contribution in [0.2, 0.25) is 0 Å². The Bertz CT molecular complexity index is 1660. The summed E-state index contributed by atoms with van der Waals surface area (Å²) in [6.07, 6.45) is 0.167. The molecule has 3 aromatic carbocycles. The highest BCUT2D eigenvalue weighted by atomic mass is 32.1. The van der Waals surface area contributed by atoms with Gasteiger partial charge >= 0.3 is 6.36 Å². The van der Waals surface area contributed by atoms with Gasteiger partial charge in [0.15, 0.2) is 5.11 Å². The summed E-state index contributed by atoms with van der Waals surface area (Å²) in [4.78, 5) is 8.98. The fourth-order valence-electron chi connectivity index (χ4n) is 4.11. The Kier molecular flexibility index (Phi) is 6.68. The SMILES string of the molecule is Cc1cccc(C)c1NC(=S)N/N=C/c1cc2ccc3c(ncn3-c3ccc(OC(F)(F)F)cc3)c2cn1. The first-order valence-electron chi connectivity index (χ1n) is 11.5. The summed E-state index contributed by atoms with van der Waals surface area (Å²) in [6, 6.07) is 17.3. The summed E-state index contributed by atoms with van der Waals surface area (Å²) < 4.78 is 43.1. The first-order valence-corrected chi connectivity index (χ1v) is 11.9. The number of halogens is 3. The van der Waals surface area contributed by atoms with Crippen molar-refractivity contribution in [2.75, 3.05) is 5.32 Å². The number of para-hydroxylation sites is 1. The van der Waals surface area contributed by atoms with E-state index < -0.39 is 6.36 Å². The maximum Gasteiger partial charge on any atom is 0.573 e. The minimum absolute atomic E-state index is 0.286. The second kappa shape index (κ2) is 10.1. The zero-order chi connectivity index (χ0) is 26.9. The first kappa shape index (κ1) is 25.2. The molecule has 0 atom stereocenters. The molecule has 0 saturated heterocycles. The van der Waals surface area contributed by atoms with Crippen LogP contribution in [0.3, 0.4) is 0 Å². The molecule has 0 saturated carbocycles. The molecule has 0 amide bonds. The molecule has 0 aliphatic heterocycles. The molecule has 0 spiro atoms. The molecule has 7 nitrogen and oxygen atoms in total. The Morgan fingerprint density at radius 2 is 1.76 bits per heavy atom. The number of imidazole rings is 1. The van der Waals surface area contributed by atoms with Gasteiger partial charge in [0.25, 0.3) is 0 Å². The molecule has 2 aromatic heterocycles. The Morgan fingerprint density at radius 3 is 2.47 bits per heavy atom. The van der Waals surface area contributed by atoms with Gasteiger partial charge in [0.2, 0.25) is 0 Å². The predicted octanol–water partition coefficient (Wildman–Crippen LogP) is 6.41. The highest BCUT2D eigenvalue weighted by Gasteiger charge is 2.31. The number of ether oxygens (including phenoxy) is 1. The van der Waals surface area contributed by atoms with Crippen LogP contribution in [0, 0.1) is 13.8 Å². The maximum absolute atomic E-state index is 12.4. The second-order valence-corrected chi connectivity index (χ2v) is 8.92. The largest absolute Gasteiger partial charge is 0.573 e. The summed E-state index contributed by atoms with van der Waals surface area (Å²) in [5.41, 5.74) is 8.69. The molecule has 0 unspecified atom stereocenters. The van der Waals surface area contributed by atoms with E-state index in [1.54, 1.807) is 23.3 Å². The van der Waals surface area contributed by atoms with Crippen LogP contribution >= 0.6 is 12.2 Å². The third kappa shape index (κ3) is 5.42. The minimum Gasteiger partial charge on any atom is -0.406 e. The normalized spacial score (nSPS) is 11.8. The van der Waals surface area contributed by atoms with Crippen molar-refractivity contribution in [2.24, 2.45) is 5.10 Å². The molecule has 11 heteroatoms. The van der Waals surface area contributed by atoms with E-state index >= 15 is 0 Å². The van der Waals surface area contributed by atoms with Gasteiger partial charge in [-0.1, -0.05) is 24.3 Å². The average molecular weight is 535 g/mol. The van der Waals surface area contributed by atoms with Gasteiger partial charge in [-0.3, -0.25) is 15.0 Å². The Balaban J connectivity index is 1.32. The van der Waals surface area contributed by atoms with Crippen molar-refractivity contribution in [2.45, 2.75) is 20.2 Å². The van der Waals surface area contributed by atoms with E-state index in [4.69, 9.17) is 12.2 Å². The van der Waals surface area contributed by atoms with Gasteiger partial charge in [0.05, 0.1) is 22.9 Å². The summed E-state index contributed by atoms with van der Waals surface area (Å²) in [5, 5.41) is 9.46. The molecular formula is C27H21F3N6OS. The van der Waals surface area contributed by atoms with Gasteiger partial charge in [-0.2, -0.15) is 5.10 Å². The minimum atomic E-state index is -4.74. The number of aromatic nitrogens is 3. The number of alkyl halides is 3. The number of thiocarbonyl (C=S) groups is 1. The third-order valence-electron chi connectivity index (χ3n) is 5.87. The van der Waals surface area contributed by atoms with Crippen molar-refractivity contribution < 1.29 is 17.9 Å². The number of anilines is 1. The van der Waals surface area contributed by atoms with Crippen molar-refractivity contribution in [3.05, 3.63) is 90.0 Å². The van der Waals surface area contributed by atoms with E-state index in [-0.39, 0.29) is 5.75 Å². The topological polar surface area (TPSA) is 76.4 Å². The number of rotatable bonds is 5. The number of fused-ring (bicyclic) bond motifs is 3. The van der Waals surface area contributed by atoms with E-state index in [1.807, 2.05) is 50.2 Å². The van der Waals surface area contributed by atoms with Gasteiger partial charge in [-0.05, 0) is 79.0 Å². The van der Waals surface area contributed by atoms with Crippen molar-refractivity contribution in [3.63, 3.8) is 0 Å². The smallest absolute Gasteiger partial charge is 0.406 e. The molecule has 0 fully saturated rings. The van der Waals surface area contributed by atoms with Crippen LogP contribution in [-0.2, 0) is 0 Å². The van der Waals surface area contributed by atoms with E-state index in [0.717, 1.165) is 33.1 Å². The monoisotopic (exact) mass is 534 g/mol. The molecule has 5 rings (SSSR count). The van der Waals surface area contributed by atoms with Crippen LogP contribution in [0.1, 0.15) is 16.8 Å². The molecule has 2 heterocycles. The molecule has 0 aliphatic rings. The van der Waals surface area contributed by atoms with Crippen LogP contribution in [0.15, 0.2) is 78.3 Å². The lowest BCUT2D eigenvalue weighted by Gasteiger charge is -2.12. The molecule has 5 aromatic rings. The molecule has 2 N–H and O–H groups in total. The molecule has 38 heavy (non-hydrogen) atoms. The average Bonchev–Trinajstić information content (AvgIpc) is 3.30.